The van der Waals surface area contributed by atoms with Crippen molar-refractivity contribution in [2.24, 2.45) is 0 Å². The molecule has 0 bridgehead atoms. The highest BCUT2D eigenvalue weighted by atomic mass is 35.5. The highest BCUT2D eigenvalue weighted by Crippen LogP contribution is 2.26. The molecular weight excluding hydrogens is 432 g/mol. The molecule has 0 saturated heterocycles. The van der Waals surface area contributed by atoms with E-state index in [0.717, 1.165) is 5.75 Å². The third-order valence-corrected chi connectivity index (χ3v) is 5.73. The van der Waals surface area contributed by atoms with Gasteiger partial charge in [0.2, 0.25) is 11.0 Å². The second kappa shape index (κ2) is 10.2. The maximum atomic E-state index is 12.2. The Bertz CT molecular complexity index is 978. The molecule has 0 aliphatic heterocycles. The first-order valence-electron chi connectivity index (χ1n) is 8.59. The van der Waals surface area contributed by atoms with E-state index in [1.165, 1.54) is 23.1 Å². The number of carbonyl (C=O) groups excluding carboxylic acids is 2. The Hall–Kier alpha value is -2.62. The zero-order valence-corrected chi connectivity index (χ0v) is 17.7. The van der Waals surface area contributed by atoms with Gasteiger partial charge in [0, 0.05) is 16.3 Å². The first-order valence-corrected chi connectivity index (χ1v) is 10.8. The lowest BCUT2D eigenvalue weighted by Crippen LogP contribution is -2.13. The van der Waals surface area contributed by atoms with Crippen LogP contribution in [0, 0.1) is 0 Å². The van der Waals surface area contributed by atoms with Crippen molar-refractivity contribution in [3.63, 3.8) is 0 Å². The number of benzene rings is 2. The summed E-state index contributed by atoms with van der Waals surface area (Å²) < 4.78 is 5.95. The highest BCUT2D eigenvalue weighted by Gasteiger charge is 2.12. The Labute approximate surface area is 180 Å². The summed E-state index contributed by atoms with van der Waals surface area (Å²) in [5.41, 5.74) is 1.15. The van der Waals surface area contributed by atoms with E-state index < -0.39 is 0 Å². The fourth-order valence-electron chi connectivity index (χ4n) is 2.21. The number of amides is 2. The second-order valence-electron chi connectivity index (χ2n) is 5.63. The maximum absolute atomic E-state index is 12.2. The summed E-state index contributed by atoms with van der Waals surface area (Å²) in [4.78, 5) is 24.3. The van der Waals surface area contributed by atoms with Crippen LogP contribution in [0.2, 0.25) is 5.02 Å². The molecular formula is C19H17ClN4O3S2. The van der Waals surface area contributed by atoms with Crippen LogP contribution in [0.5, 0.6) is 5.75 Å². The first kappa shape index (κ1) is 21.1. The van der Waals surface area contributed by atoms with Crippen LogP contribution in [0.3, 0.4) is 0 Å². The van der Waals surface area contributed by atoms with Crippen molar-refractivity contribution in [1.29, 1.82) is 0 Å². The zero-order chi connectivity index (χ0) is 20.6. The van der Waals surface area contributed by atoms with Crippen LogP contribution in [0.4, 0.5) is 10.8 Å². The molecule has 10 heteroatoms. The number of ether oxygens (including phenoxy) is 1. The molecule has 1 aromatic heterocycles. The Morgan fingerprint density at radius 1 is 1.07 bits per heavy atom. The smallest absolute Gasteiger partial charge is 0.257 e. The van der Waals surface area contributed by atoms with Crippen LogP contribution in [-0.2, 0) is 4.79 Å². The Balaban J connectivity index is 1.47. The number of anilines is 2. The van der Waals surface area contributed by atoms with Gasteiger partial charge in [0.05, 0.1) is 12.4 Å². The van der Waals surface area contributed by atoms with Gasteiger partial charge in [-0.1, -0.05) is 34.7 Å². The Morgan fingerprint density at radius 3 is 2.48 bits per heavy atom. The van der Waals surface area contributed by atoms with Crippen LogP contribution < -0.4 is 15.4 Å². The van der Waals surface area contributed by atoms with E-state index in [9.17, 15) is 9.59 Å². The first-order chi connectivity index (χ1) is 14.0. The standard InChI is InChI=1S/C19H17ClN4O3S2/c1-2-27-15-9-7-14(8-10-15)21-16(25)11-28-19-24-23-18(29-19)22-17(26)12-3-5-13(20)6-4-12/h3-10H,2,11H2,1H3,(H,21,25)(H,22,23,26). The summed E-state index contributed by atoms with van der Waals surface area (Å²) in [5, 5.41) is 14.3. The van der Waals surface area contributed by atoms with Crippen molar-refractivity contribution < 1.29 is 14.3 Å². The summed E-state index contributed by atoms with van der Waals surface area (Å²) in [6, 6.07) is 13.7. The van der Waals surface area contributed by atoms with Gasteiger partial charge in [-0.15, -0.1) is 10.2 Å². The molecule has 7 nitrogen and oxygen atoms in total. The molecule has 3 rings (SSSR count). The van der Waals surface area contributed by atoms with Gasteiger partial charge in [-0.05, 0) is 55.5 Å². The fourth-order valence-corrected chi connectivity index (χ4v) is 3.89. The molecule has 0 unspecified atom stereocenters. The minimum absolute atomic E-state index is 0.166. The van der Waals surface area contributed by atoms with Gasteiger partial charge in [0.15, 0.2) is 4.34 Å². The molecule has 0 saturated carbocycles. The third-order valence-electron chi connectivity index (χ3n) is 3.51. The van der Waals surface area contributed by atoms with E-state index in [1.54, 1.807) is 48.5 Å². The Morgan fingerprint density at radius 2 is 1.79 bits per heavy atom. The fraction of sp³-hybridized carbons (Fsp3) is 0.158. The molecule has 1 heterocycles. The van der Waals surface area contributed by atoms with E-state index in [4.69, 9.17) is 16.3 Å². The highest BCUT2D eigenvalue weighted by molar-refractivity contribution is 8.01. The molecule has 3 aromatic rings. The number of aromatic nitrogens is 2. The minimum Gasteiger partial charge on any atom is -0.494 e. The van der Waals surface area contributed by atoms with Crippen LogP contribution in [0.25, 0.3) is 0 Å². The number of halogens is 1. The molecule has 0 aliphatic rings. The summed E-state index contributed by atoms with van der Waals surface area (Å²) in [6.45, 7) is 2.50. The van der Waals surface area contributed by atoms with E-state index in [0.29, 0.717) is 32.4 Å². The summed E-state index contributed by atoms with van der Waals surface area (Å²) >= 11 is 8.26. The number of hydrogen-bond donors (Lipinski definition) is 2. The lowest BCUT2D eigenvalue weighted by molar-refractivity contribution is -0.113. The summed E-state index contributed by atoms with van der Waals surface area (Å²) in [5.74, 6) is 0.457. The topological polar surface area (TPSA) is 93.2 Å². The van der Waals surface area contributed by atoms with Crippen molar-refractivity contribution in [3.05, 3.63) is 59.1 Å². The number of hydrogen-bond acceptors (Lipinski definition) is 7. The SMILES string of the molecule is CCOc1ccc(NC(=O)CSc2nnc(NC(=O)c3ccc(Cl)cc3)s2)cc1. The molecule has 0 atom stereocenters. The number of carbonyl (C=O) groups is 2. The average molecular weight is 449 g/mol. The minimum atomic E-state index is -0.303. The van der Waals surface area contributed by atoms with Crippen molar-refractivity contribution in [3.8, 4) is 5.75 Å². The quantitative estimate of drug-likeness (QED) is 0.387. The van der Waals surface area contributed by atoms with Gasteiger partial charge in [-0.2, -0.15) is 0 Å². The number of rotatable bonds is 8. The van der Waals surface area contributed by atoms with Crippen LogP contribution in [0.1, 0.15) is 17.3 Å². The second-order valence-corrected chi connectivity index (χ2v) is 8.26. The number of nitrogens with zero attached hydrogens (tertiary/aromatic N) is 2. The monoisotopic (exact) mass is 448 g/mol. The van der Waals surface area contributed by atoms with Crippen molar-refractivity contribution >= 4 is 57.3 Å². The van der Waals surface area contributed by atoms with Gasteiger partial charge < -0.3 is 10.1 Å². The summed E-state index contributed by atoms with van der Waals surface area (Å²) in [6.07, 6.45) is 0. The van der Waals surface area contributed by atoms with Gasteiger partial charge in [0.1, 0.15) is 5.75 Å². The molecule has 0 radical (unpaired) electrons. The van der Waals surface area contributed by atoms with E-state index in [2.05, 4.69) is 20.8 Å². The lowest BCUT2D eigenvalue weighted by atomic mass is 10.2. The molecule has 2 N–H and O–H groups in total. The van der Waals surface area contributed by atoms with E-state index >= 15 is 0 Å². The van der Waals surface area contributed by atoms with Gasteiger partial charge >= 0.3 is 0 Å². The number of nitrogens with one attached hydrogen (secondary N) is 2. The van der Waals surface area contributed by atoms with E-state index in [1.807, 2.05) is 6.92 Å². The largest absolute Gasteiger partial charge is 0.494 e. The van der Waals surface area contributed by atoms with Gasteiger partial charge in [0.25, 0.3) is 5.91 Å². The van der Waals surface area contributed by atoms with Crippen molar-refractivity contribution in [2.45, 2.75) is 11.3 Å². The van der Waals surface area contributed by atoms with Crippen molar-refractivity contribution in [1.82, 2.24) is 10.2 Å². The summed E-state index contributed by atoms with van der Waals surface area (Å²) in [7, 11) is 0. The molecule has 2 aromatic carbocycles. The average Bonchev–Trinajstić information content (AvgIpc) is 3.16. The predicted molar refractivity (Wildman–Crippen MR) is 116 cm³/mol. The zero-order valence-electron chi connectivity index (χ0n) is 15.3. The molecule has 29 heavy (non-hydrogen) atoms. The lowest BCUT2D eigenvalue weighted by Gasteiger charge is -2.06. The molecule has 0 aliphatic carbocycles. The molecule has 150 valence electrons. The van der Waals surface area contributed by atoms with Crippen LogP contribution in [-0.4, -0.2) is 34.4 Å². The molecule has 0 fully saturated rings. The van der Waals surface area contributed by atoms with Crippen LogP contribution >= 0.6 is 34.7 Å². The predicted octanol–water partition coefficient (Wildman–Crippen LogP) is 4.57. The molecule has 0 spiro atoms. The van der Waals surface area contributed by atoms with Crippen LogP contribution in [0.15, 0.2) is 52.9 Å². The van der Waals surface area contributed by atoms with Gasteiger partial charge in [-0.25, -0.2) is 0 Å². The normalized spacial score (nSPS) is 10.4. The third kappa shape index (κ3) is 6.45. The van der Waals surface area contributed by atoms with Gasteiger partial charge in [-0.3, -0.25) is 14.9 Å². The van der Waals surface area contributed by atoms with Crippen molar-refractivity contribution in [2.75, 3.05) is 23.0 Å². The number of thioether (sulfide) groups is 1. The molecule has 2 amide bonds. The Kier molecular flexibility index (Phi) is 7.45. The van der Waals surface area contributed by atoms with E-state index in [-0.39, 0.29) is 17.6 Å². The maximum Gasteiger partial charge on any atom is 0.257 e.